The Labute approximate surface area is 131 Å². The molecule has 5 nitrogen and oxygen atoms in total. The fourth-order valence-electron chi connectivity index (χ4n) is 2.43. The van der Waals surface area contributed by atoms with E-state index < -0.39 is 21.7 Å². The maximum atomic E-state index is 13.9. The molecule has 1 fully saturated rings. The van der Waals surface area contributed by atoms with E-state index in [1.165, 1.54) is 0 Å². The van der Waals surface area contributed by atoms with Gasteiger partial charge in [0, 0.05) is 10.5 Å². The number of hydrogen-bond acceptors (Lipinski definition) is 3. The Morgan fingerprint density at radius 2 is 1.90 bits per heavy atom. The Morgan fingerprint density at radius 1 is 1.29 bits per heavy atom. The molecule has 0 spiro atoms. The highest BCUT2D eigenvalue weighted by molar-refractivity contribution is 9.10. The minimum atomic E-state index is -4.03. The van der Waals surface area contributed by atoms with Gasteiger partial charge in [0.25, 0.3) is 5.91 Å². The zero-order chi connectivity index (χ0) is 15.6. The Morgan fingerprint density at radius 3 is 2.48 bits per heavy atom. The number of rotatable bonds is 3. The second-order valence-electron chi connectivity index (χ2n) is 5.12. The maximum Gasteiger partial charge on any atom is 0.254 e. The average Bonchev–Trinajstić information content (AvgIpc) is 2.38. The second-order valence-corrected chi connectivity index (χ2v) is 7.50. The molecule has 1 saturated carbocycles. The first-order chi connectivity index (χ1) is 9.79. The van der Waals surface area contributed by atoms with Crippen molar-refractivity contribution in [3.8, 4) is 0 Å². The lowest BCUT2D eigenvalue weighted by Gasteiger charge is -2.23. The molecule has 1 aromatic carbocycles. The van der Waals surface area contributed by atoms with Crippen LogP contribution >= 0.6 is 15.9 Å². The minimum Gasteiger partial charge on any atom is -0.349 e. The molecule has 21 heavy (non-hydrogen) atoms. The summed E-state index contributed by atoms with van der Waals surface area (Å²) in [5, 5.41) is 7.79. The van der Waals surface area contributed by atoms with Gasteiger partial charge in [0.1, 0.15) is 5.82 Å². The van der Waals surface area contributed by atoms with Crippen LogP contribution in [0.1, 0.15) is 42.5 Å². The third-order valence-electron chi connectivity index (χ3n) is 3.51. The first kappa shape index (κ1) is 16.4. The van der Waals surface area contributed by atoms with Crippen LogP contribution < -0.4 is 10.5 Å². The Hall–Kier alpha value is -0.990. The number of carbonyl (C=O) groups is 1. The molecule has 0 heterocycles. The molecule has 8 heteroatoms. The van der Waals surface area contributed by atoms with Gasteiger partial charge in [0.15, 0.2) is 0 Å². The zero-order valence-corrected chi connectivity index (χ0v) is 13.6. The Bertz CT molecular complexity index is 658. The Kier molecular flexibility index (Phi) is 5.00. The number of halogens is 2. The molecule has 0 bridgehead atoms. The van der Waals surface area contributed by atoms with E-state index in [9.17, 15) is 17.6 Å². The van der Waals surface area contributed by atoms with Crippen LogP contribution in [-0.4, -0.2) is 20.4 Å². The van der Waals surface area contributed by atoms with Crippen molar-refractivity contribution in [1.29, 1.82) is 0 Å². The van der Waals surface area contributed by atoms with Crippen LogP contribution in [0.25, 0.3) is 0 Å². The summed E-state index contributed by atoms with van der Waals surface area (Å²) in [6, 6.07) is 1.91. The van der Waals surface area contributed by atoms with Crippen LogP contribution in [0.5, 0.6) is 0 Å². The van der Waals surface area contributed by atoms with E-state index in [2.05, 4.69) is 21.2 Å². The molecule has 0 saturated heterocycles. The summed E-state index contributed by atoms with van der Waals surface area (Å²) >= 11 is 2.93. The topological polar surface area (TPSA) is 89.3 Å². The van der Waals surface area contributed by atoms with Gasteiger partial charge in [-0.2, -0.15) is 0 Å². The molecule has 2 rings (SSSR count). The van der Waals surface area contributed by atoms with Crippen molar-refractivity contribution in [3.05, 3.63) is 28.0 Å². The van der Waals surface area contributed by atoms with Crippen molar-refractivity contribution < 1.29 is 17.6 Å². The monoisotopic (exact) mass is 378 g/mol. The number of amides is 1. The van der Waals surface area contributed by atoms with Gasteiger partial charge in [0.2, 0.25) is 10.0 Å². The highest BCUT2D eigenvalue weighted by Crippen LogP contribution is 2.25. The normalized spacial score (nSPS) is 16.7. The number of primary sulfonamides is 1. The molecule has 1 aliphatic carbocycles. The largest absolute Gasteiger partial charge is 0.349 e. The fraction of sp³-hybridized carbons (Fsp3) is 0.462. The van der Waals surface area contributed by atoms with Crippen molar-refractivity contribution in [2.75, 3.05) is 0 Å². The van der Waals surface area contributed by atoms with Crippen LogP contribution in [0.4, 0.5) is 4.39 Å². The van der Waals surface area contributed by atoms with Crippen molar-refractivity contribution in [2.24, 2.45) is 5.14 Å². The fourth-order valence-corrected chi connectivity index (χ4v) is 4.04. The van der Waals surface area contributed by atoms with Gasteiger partial charge in [-0.25, -0.2) is 17.9 Å². The molecule has 0 atom stereocenters. The molecule has 0 aliphatic heterocycles. The van der Waals surface area contributed by atoms with Crippen LogP contribution in [-0.2, 0) is 10.0 Å². The summed E-state index contributed by atoms with van der Waals surface area (Å²) in [4.78, 5) is 11.8. The SMILES string of the molecule is NS(=O)(=O)c1cc(C(=O)NC2CCCCC2)c(F)cc1Br. The van der Waals surface area contributed by atoms with Gasteiger partial charge < -0.3 is 5.32 Å². The van der Waals surface area contributed by atoms with Gasteiger partial charge >= 0.3 is 0 Å². The van der Waals surface area contributed by atoms with Crippen molar-refractivity contribution in [2.45, 2.75) is 43.0 Å². The van der Waals surface area contributed by atoms with Crippen molar-refractivity contribution >= 4 is 31.9 Å². The van der Waals surface area contributed by atoms with E-state index in [0.717, 1.165) is 44.2 Å². The number of nitrogens with two attached hydrogens (primary N) is 1. The van der Waals surface area contributed by atoms with Gasteiger partial charge in [-0.05, 0) is 40.9 Å². The standard InChI is InChI=1S/C13H16BrFN2O3S/c14-10-7-11(15)9(6-12(10)21(16,19)20)13(18)17-8-4-2-1-3-5-8/h6-8H,1-5H2,(H,17,18)(H2,16,19,20). The molecule has 1 aromatic rings. The molecule has 116 valence electrons. The van der Waals surface area contributed by atoms with E-state index in [0.29, 0.717) is 0 Å². The van der Waals surface area contributed by atoms with E-state index in [1.54, 1.807) is 0 Å². The summed E-state index contributed by atoms with van der Waals surface area (Å²) < 4.78 is 36.7. The first-order valence-electron chi connectivity index (χ1n) is 6.62. The molecule has 0 unspecified atom stereocenters. The van der Waals surface area contributed by atoms with E-state index in [1.807, 2.05) is 0 Å². The van der Waals surface area contributed by atoms with Crippen LogP contribution in [0.3, 0.4) is 0 Å². The van der Waals surface area contributed by atoms with Gasteiger partial charge in [0.05, 0.1) is 10.5 Å². The average molecular weight is 379 g/mol. The number of carbonyl (C=O) groups excluding carboxylic acids is 1. The Balaban J connectivity index is 2.28. The molecule has 3 N–H and O–H groups in total. The minimum absolute atomic E-state index is 0.00304. The van der Waals surface area contributed by atoms with Gasteiger partial charge in [-0.1, -0.05) is 19.3 Å². The van der Waals surface area contributed by atoms with Gasteiger partial charge in [-0.3, -0.25) is 4.79 Å². The molecule has 0 aromatic heterocycles. The van der Waals surface area contributed by atoms with E-state index in [-0.39, 0.29) is 21.0 Å². The quantitative estimate of drug-likeness (QED) is 0.845. The molecule has 1 aliphatic rings. The summed E-state index contributed by atoms with van der Waals surface area (Å²) in [7, 11) is -4.03. The summed E-state index contributed by atoms with van der Waals surface area (Å²) in [6.45, 7) is 0. The number of sulfonamides is 1. The highest BCUT2D eigenvalue weighted by atomic mass is 79.9. The second kappa shape index (κ2) is 6.41. The highest BCUT2D eigenvalue weighted by Gasteiger charge is 2.22. The summed E-state index contributed by atoms with van der Waals surface area (Å²) in [5.74, 6) is -1.40. The van der Waals surface area contributed by atoms with E-state index in [4.69, 9.17) is 5.14 Å². The van der Waals surface area contributed by atoms with E-state index >= 15 is 0 Å². The number of hydrogen-bond donors (Lipinski definition) is 2. The molecular weight excluding hydrogens is 363 g/mol. The lowest BCUT2D eigenvalue weighted by Crippen LogP contribution is -2.36. The number of benzene rings is 1. The maximum absolute atomic E-state index is 13.9. The molecule has 0 radical (unpaired) electrons. The van der Waals surface area contributed by atoms with Crippen molar-refractivity contribution in [1.82, 2.24) is 5.32 Å². The predicted octanol–water partition coefficient (Wildman–Crippen LogP) is 2.30. The summed E-state index contributed by atoms with van der Waals surface area (Å²) in [6.07, 6.45) is 4.89. The first-order valence-corrected chi connectivity index (χ1v) is 8.95. The molecular formula is C13H16BrFN2O3S. The van der Waals surface area contributed by atoms with Crippen LogP contribution in [0.2, 0.25) is 0 Å². The predicted molar refractivity (Wildman–Crippen MR) is 79.8 cm³/mol. The third-order valence-corrected chi connectivity index (χ3v) is 5.38. The molecule has 1 amide bonds. The van der Waals surface area contributed by atoms with Crippen molar-refractivity contribution in [3.63, 3.8) is 0 Å². The lowest BCUT2D eigenvalue weighted by atomic mass is 9.95. The van der Waals surface area contributed by atoms with Gasteiger partial charge in [-0.15, -0.1) is 0 Å². The summed E-state index contributed by atoms with van der Waals surface area (Å²) in [5.41, 5.74) is -0.312. The third kappa shape index (κ3) is 4.02. The number of nitrogens with one attached hydrogen (secondary N) is 1. The smallest absolute Gasteiger partial charge is 0.254 e. The van der Waals surface area contributed by atoms with Crippen LogP contribution in [0, 0.1) is 5.82 Å². The lowest BCUT2D eigenvalue weighted by molar-refractivity contribution is 0.0923. The zero-order valence-electron chi connectivity index (χ0n) is 11.2. The van der Waals surface area contributed by atoms with Crippen LogP contribution in [0.15, 0.2) is 21.5 Å².